The molecule has 1 N–H and O–H groups in total. The molecule has 22 heavy (non-hydrogen) atoms. The van der Waals surface area contributed by atoms with E-state index in [4.69, 9.17) is 9.84 Å². The Balaban J connectivity index is 0. The van der Waals surface area contributed by atoms with E-state index in [0.717, 1.165) is 19.6 Å². The van der Waals surface area contributed by atoms with Gasteiger partial charge >= 0.3 is 0 Å². The van der Waals surface area contributed by atoms with E-state index in [1.165, 1.54) is 83.5 Å². The molecule has 0 amide bonds. The summed E-state index contributed by atoms with van der Waals surface area (Å²) in [7, 11) is 0. The molecule has 0 fully saturated rings. The molecule has 0 aliphatic heterocycles. The van der Waals surface area contributed by atoms with Crippen molar-refractivity contribution in [3.63, 3.8) is 0 Å². The van der Waals surface area contributed by atoms with Crippen LogP contribution in [0.25, 0.3) is 0 Å². The molecule has 0 aliphatic rings. The van der Waals surface area contributed by atoms with Crippen LogP contribution in [0.2, 0.25) is 0 Å². The normalized spacial score (nSPS) is 10.4. The quantitative estimate of drug-likeness (QED) is 0.329. The highest BCUT2D eigenvalue weighted by Crippen LogP contribution is 2.12. The van der Waals surface area contributed by atoms with Crippen molar-refractivity contribution < 1.29 is 9.84 Å². The van der Waals surface area contributed by atoms with Gasteiger partial charge in [-0.1, -0.05) is 90.4 Å². The van der Waals surface area contributed by atoms with E-state index in [9.17, 15) is 0 Å². The largest absolute Gasteiger partial charge is 0.396 e. The zero-order valence-electron chi connectivity index (χ0n) is 15.9. The molecule has 0 aromatic carbocycles. The first-order valence-corrected chi connectivity index (χ1v) is 10.0. The van der Waals surface area contributed by atoms with E-state index in [1.807, 2.05) is 13.8 Å². The van der Waals surface area contributed by atoms with E-state index < -0.39 is 0 Å². The molecule has 0 radical (unpaired) electrons. The van der Waals surface area contributed by atoms with Gasteiger partial charge in [0, 0.05) is 19.8 Å². The molecule has 2 heteroatoms. The molecule has 0 saturated heterocycles. The van der Waals surface area contributed by atoms with Gasteiger partial charge in [-0.2, -0.15) is 0 Å². The highest BCUT2D eigenvalue weighted by molar-refractivity contribution is 4.48. The third-order valence-electron chi connectivity index (χ3n) is 3.92. The molecule has 2 nitrogen and oxygen atoms in total. The van der Waals surface area contributed by atoms with Gasteiger partial charge in [-0.05, 0) is 20.3 Å². The summed E-state index contributed by atoms with van der Waals surface area (Å²) in [5.41, 5.74) is 0. The summed E-state index contributed by atoms with van der Waals surface area (Å²) in [6.07, 6.45) is 19.2. The summed E-state index contributed by atoms with van der Waals surface area (Å²) >= 11 is 0. The molecular formula is C20H44O2. The standard InChI is InChI=1S/C16H34O.C4H10O/c1-2-3-4-5-6-7-8-9-10-11-12-13-14-15-16-17;1-3-5-4-2/h17H,2-16H2,1H3;3-4H2,1-2H3. The van der Waals surface area contributed by atoms with Crippen LogP contribution < -0.4 is 0 Å². The van der Waals surface area contributed by atoms with Gasteiger partial charge in [0.05, 0.1) is 0 Å². The number of aliphatic hydroxyl groups is 1. The summed E-state index contributed by atoms with van der Waals surface area (Å²) < 4.78 is 4.83. The SMILES string of the molecule is CCCCCCCCCCCCCCCCO.CCOCC. The van der Waals surface area contributed by atoms with Gasteiger partial charge in [-0.15, -0.1) is 0 Å². The third kappa shape index (κ3) is 28.1. The minimum Gasteiger partial charge on any atom is -0.396 e. The maximum absolute atomic E-state index is 8.64. The van der Waals surface area contributed by atoms with Crippen molar-refractivity contribution >= 4 is 0 Å². The molecule has 136 valence electrons. The van der Waals surface area contributed by atoms with Gasteiger partial charge in [0.2, 0.25) is 0 Å². The van der Waals surface area contributed by atoms with Crippen molar-refractivity contribution in [2.75, 3.05) is 19.8 Å². The lowest BCUT2D eigenvalue weighted by molar-refractivity contribution is 0.162. The van der Waals surface area contributed by atoms with Crippen LogP contribution in [0, 0.1) is 0 Å². The molecule has 0 spiro atoms. The smallest absolute Gasteiger partial charge is 0.0437 e. The van der Waals surface area contributed by atoms with E-state index >= 15 is 0 Å². The van der Waals surface area contributed by atoms with E-state index in [1.54, 1.807) is 0 Å². The van der Waals surface area contributed by atoms with Gasteiger partial charge in [0.1, 0.15) is 0 Å². The van der Waals surface area contributed by atoms with Gasteiger partial charge in [-0.3, -0.25) is 0 Å². The van der Waals surface area contributed by atoms with Gasteiger partial charge in [0.25, 0.3) is 0 Å². The van der Waals surface area contributed by atoms with Crippen LogP contribution in [0.1, 0.15) is 111 Å². The first-order valence-electron chi connectivity index (χ1n) is 10.0. The minimum atomic E-state index is 0.373. The Morgan fingerprint density at radius 2 is 0.818 bits per heavy atom. The topological polar surface area (TPSA) is 29.5 Å². The zero-order valence-corrected chi connectivity index (χ0v) is 15.9. The molecule has 0 aromatic rings. The Kier molecular flexibility index (Phi) is 28.4. The molecule has 0 rings (SSSR count). The summed E-state index contributed by atoms with van der Waals surface area (Å²) in [4.78, 5) is 0. The van der Waals surface area contributed by atoms with Crippen LogP contribution in [0.3, 0.4) is 0 Å². The monoisotopic (exact) mass is 316 g/mol. The molecule has 0 bridgehead atoms. The lowest BCUT2D eigenvalue weighted by atomic mass is 10.0. The molecule has 0 aromatic heterocycles. The number of unbranched alkanes of at least 4 members (excludes halogenated alkanes) is 13. The molecular weight excluding hydrogens is 272 g/mol. The van der Waals surface area contributed by atoms with Gasteiger partial charge < -0.3 is 9.84 Å². The Bertz CT molecular complexity index is 144. The van der Waals surface area contributed by atoms with Crippen LogP contribution in [0.5, 0.6) is 0 Å². The number of rotatable bonds is 16. The zero-order chi connectivity index (χ0) is 16.7. The third-order valence-corrected chi connectivity index (χ3v) is 3.92. The fraction of sp³-hybridized carbons (Fsp3) is 1.00. The van der Waals surface area contributed by atoms with Crippen molar-refractivity contribution in [3.8, 4) is 0 Å². The maximum atomic E-state index is 8.64. The summed E-state index contributed by atoms with van der Waals surface area (Å²) in [6.45, 7) is 8.32. The Morgan fingerprint density at radius 1 is 0.500 bits per heavy atom. The van der Waals surface area contributed by atoms with E-state index in [2.05, 4.69) is 6.92 Å². The summed E-state index contributed by atoms with van der Waals surface area (Å²) in [5, 5.41) is 8.64. The van der Waals surface area contributed by atoms with Gasteiger partial charge in [-0.25, -0.2) is 0 Å². The average molecular weight is 317 g/mol. The van der Waals surface area contributed by atoms with Gasteiger partial charge in [0.15, 0.2) is 0 Å². The highest BCUT2D eigenvalue weighted by Gasteiger charge is 1.93. The van der Waals surface area contributed by atoms with Crippen molar-refractivity contribution in [1.82, 2.24) is 0 Å². The first-order chi connectivity index (χ1) is 10.8. The Labute approximate surface area is 141 Å². The van der Waals surface area contributed by atoms with Crippen molar-refractivity contribution in [2.24, 2.45) is 0 Å². The second-order valence-corrected chi connectivity index (χ2v) is 6.10. The number of ether oxygens (including phenoxy) is 1. The predicted octanol–water partition coefficient (Wildman–Crippen LogP) is 6.50. The number of hydrogen-bond acceptors (Lipinski definition) is 2. The van der Waals surface area contributed by atoms with Crippen molar-refractivity contribution in [3.05, 3.63) is 0 Å². The lowest BCUT2D eigenvalue weighted by Crippen LogP contribution is -1.84. The van der Waals surface area contributed by atoms with Crippen molar-refractivity contribution in [1.29, 1.82) is 0 Å². The molecule has 0 unspecified atom stereocenters. The molecule has 0 saturated carbocycles. The molecule has 0 atom stereocenters. The minimum absolute atomic E-state index is 0.373. The summed E-state index contributed by atoms with van der Waals surface area (Å²) in [6, 6.07) is 0. The summed E-state index contributed by atoms with van der Waals surface area (Å²) in [5.74, 6) is 0. The van der Waals surface area contributed by atoms with Crippen LogP contribution in [0.15, 0.2) is 0 Å². The second-order valence-electron chi connectivity index (χ2n) is 6.10. The predicted molar refractivity (Wildman–Crippen MR) is 99.6 cm³/mol. The van der Waals surface area contributed by atoms with E-state index in [0.29, 0.717) is 6.61 Å². The maximum Gasteiger partial charge on any atom is 0.0437 e. The Hall–Kier alpha value is -0.0800. The number of aliphatic hydroxyl groups excluding tert-OH is 1. The number of hydrogen-bond donors (Lipinski definition) is 1. The molecule has 0 aliphatic carbocycles. The Morgan fingerprint density at radius 3 is 1.05 bits per heavy atom. The molecule has 0 heterocycles. The second kappa shape index (κ2) is 25.9. The van der Waals surface area contributed by atoms with Crippen LogP contribution in [-0.4, -0.2) is 24.9 Å². The fourth-order valence-corrected chi connectivity index (χ4v) is 2.51. The van der Waals surface area contributed by atoms with Crippen LogP contribution >= 0.6 is 0 Å². The van der Waals surface area contributed by atoms with E-state index in [-0.39, 0.29) is 0 Å². The van der Waals surface area contributed by atoms with Crippen LogP contribution in [0.4, 0.5) is 0 Å². The lowest BCUT2D eigenvalue weighted by Gasteiger charge is -2.02. The fourth-order valence-electron chi connectivity index (χ4n) is 2.51. The average Bonchev–Trinajstić information content (AvgIpc) is 2.53. The first kappa shape index (κ1) is 24.2. The van der Waals surface area contributed by atoms with Crippen molar-refractivity contribution in [2.45, 2.75) is 111 Å². The highest BCUT2D eigenvalue weighted by atomic mass is 16.5. The van der Waals surface area contributed by atoms with Crippen LogP contribution in [-0.2, 0) is 4.74 Å².